The van der Waals surface area contributed by atoms with Crippen molar-refractivity contribution < 1.29 is 0 Å². The molecule has 1 unspecified atom stereocenters. The molecular formula is C16H31NS. The minimum absolute atomic E-state index is 0.648. The molecule has 0 aliphatic carbocycles. The Bertz CT molecular complexity index is 235. The van der Waals surface area contributed by atoms with E-state index in [1.54, 1.807) is 0 Å². The van der Waals surface area contributed by atoms with Crippen LogP contribution in [0.3, 0.4) is 0 Å². The third-order valence-corrected chi connectivity index (χ3v) is 4.34. The number of thioether (sulfide) groups is 1. The van der Waals surface area contributed by atoms with E-state index in [9.17, 15) is 0 Å². The second kappa shape index (κ2) is 11.9. The molecule has 0 bridgehead atoms. The molecule has 2 heteroatoms. The zero-order valence-electron chi connectivity index (χ0n) is 12.3. The Kier molecular flexibility index (Phi) is 11.7. The Morgan fingerprint density at radius 2 is 1.78 bits per heavy atom. The van der Waals surface area contributed by atoms with Gasteiger partial charge in [-0.1, -0.05) is 51.0 Å². The van der Waals surface area contributed by atoms with Gasteiger partial charge in [0.05, 0.1) is 0 Å². The molecule has 18 heavy (non-hydrogen) atoms. The second-order valence-electron chi connectivity index (χ2n) is 5.01. The van der Waals surface area contributed by atoms with Crippen LogP contribution in [-0.4, -0.2) is 18.1 Å². The van der Waals surface area contributed by atoms with Crippen LogP contribution in [0.5, 0.6) is 0 Å². The standard InChI is InChI=1S/C16H31NS/c1-5-7-14(3)9-10-16(13-18-12-11-17)15(4)8-6-2/h16H,3-13,17H2,1-2H3. The Labute approximate surface area is 118 Å². The monoisotopic (exact) mass is 269 g/mol. The molecule has 0 saturated carbocycles. The van der Waals surface area contributed by atoms with E-state index >= 15 is 0 Å². The minimum atomic E-state index is 0.648. The van der Waals surface area contributed by atoms with Crippen molar-refractivity contribution in [1.82, 2.24) is 0 Å². The summed E-state index contributed by atoms with van der Waals surface area (Å²) in [5.74, 6) is 2.89. The van der Waals surface area contributed by atoms with Crippen molar-refractivity contribution in [2.75, 3.05) is 18.1 Å². The molecule has 1 atom stereocenters. The van der Waals surface area contributed by atoms with Crippen LogP contribution >= 0.6 is 11.8 Å². The highest BCUT2D eigenvalue weighted by Crippen LogP contribution is 2.26. The third kappa shape index (κ3) is 8.82. The maximum atomic E-state index is 5.55. The van der Waals surface area contributed by atoms with Gasteiger partial charge in [0.1, 0.15) is 0 Å². The van der Waals surface area contributed by atoms with E-state index in [-0.39, 0.29) is 0 Å². The summed E-state index contributed by atoms with van der Waals surface area (Å²) in [5.41, 5.74) is 8.38. The molecule has 0 spiro atoms. The van der Waals surface area contributed by atoms with E-state index in [1.807, 2.05) is 11.8 Å². The van der Waals surface area contributed by atoms with E-state index in [4.69, 9.17) is 5.73 Å². The van der Waals surface area contributed by atoms with Gasteiger partial charge in [-0.05, 0) is 37.4 Å². The fraction of sp³-hybridized carbons (Fsp3) is 0.750. The SMILES string of the molecule is C=C(CCC)CCC(CSCCN)C(=C)CCC. The lowest BCUT2D eigenvalue weighted by molar-refractivity contribution is 0.586. The Balaban J connectivity index is 4.10. The minimum Gasteiger partial charge on any atom is -0.330 e. The summed E-state index contributed by atoms with van der Waals surface area (Å²) in [6.07, 6.45) is 7.12. The molecular weight excluding hydrogens is 238 g/mol. The molecule has 0 aliphatic heterocycles. The molecule has 0 fully saturated rings. The van der Waals surface area contributed by atoms with Crippen LogP contribution in [0.2, 0.25) is 0 Å². The van der Waals surface area contributed by atoms with E-state index in [2.05, 4.69) is 27.0 Å². The molecule has 2 N–H and O–H groups in total. The van der Waals surface area contributed by atoms with Gasteiger partial charge < -0.3 is 5.73 Å². The summed E-state index contributed by atoms with van der Waals surface area (Å²) < 4.78 is 0. The molecule has 0 radical (unpaired) electrons. The van der Waals surface area contributed by atoms with Crippen LogP contribution in [0.4, 0.5) is 0 Å². The van der Waals surface area contributed by atoms with Gasteiger partial charge in [0.15, 0.2) is 0 Å². The highest BCUT2D eigenvalue weighted by atomic mass is 32.2. The molecule has 106 valence electrons. The molecule has 0 aromatic carbocycles. The van der Waals surface area contributed by atoms with Crippen molar-refractivity contribution in [3.8, 4) is 0 Å². The van der Waals surface area contributed by atoms with Crippen LogP contribution < -0.4 is 5.73 Å². The van der Waals surface area contributed by atoms with Gasteiger partial charge in [-0.2, -0.15) is 11.8 Å². The first-order chi connectivity index (χ1) is 8.65. The molecule has 0 saturated heterocycles. The quantitative estimate of drug-likeness (QED) is 0.407. The molecule has 0 rings (SSSR count). The molecule has 1 nitrogen and oxygen atoms in total. The third-order valence-electron chi connectivity index (χ3n) is 3.18. The summed E-state index contributed by atoms with van der Waals surface area (Å²) in [6.45, 7) is 13.7. The average Bonchev–Trinajstić information content (AvgIpc) is 2.34. The summed E-state index contributed by atoms with van der Waals surface area (Å²) in [4.78, 5) is 0. The van der Waals surface area contributed by atoms with Crippen LogP contribution in [0.15, 0.2) is 24.3 Å². The van der Waals surface area contributed by atoms with Crippen molar-refractivity contribution in [2.45, 2.75) is 52.4 Å². The summed E-state index contributed by atoms with van der Waals surface area (Å²) in [7, 11) is 0. The fourth-order valence-electron chi connectivity index (χ4n) is 2.10. The molecule has 0 amide bonds. The van der Waals surface area contributed by atoms with Gasteiger partial charge in [-0.15, -0.1) is 0 Å². The summed E-state index contributed by atoms with van der Waals surface area (Å²) in [5, 5.41) is 0. The molecule has 0 aromatic heterocycles. The van der Waals surface area contributed by atoms with E-state index < -0.39 is 0 Å². The average molecular weight is 269 g/mol. The van der Waals surface area contributed by atoms with Crippen LogP contribution in [0.1, 0.15) is 52.4 Å². The van der Waals surface area contributed by atoms with Crippen molar-refractivity contribution in [2.24, 2.45) is 11.7 Å². The largest absolute Gasteiger partial charge is 0.330 e. The number of allylic oxidation sites excluding steroid dienone is 2. The lowest BCUT2D eigenvalue weighted by atomic mass is 9.91. The highest BCUT2D eigenvalue weighted by molar-refractivity contribution is 7.99. The Hall–Kier alpha value is -0.210. The first-order valence-electron chi connectivity index (χ1n) is 7.27. The highest BCUT2D eigenvalue weighted by Gasteiger charge is 2.12. The van der Waals surface area contributed by atoms with Gasteiger partial charge in [-0.25, -0.2) is 0 Å². The number of rotatable bonds is 12. The first-order valence-corrected chi connectivity index (χ1v) is 8.43. The molecule has 0 aromatic rings. The number of hydrogen-bond donors (Lipinski definition) is 1. The predicted octanol–water partition coefficient (Wildman–Crippen LogP) is 4.79. The second-order valence-corrected chi connectivity index (χ2v) is 6.16. The van der Waals surface area contributed by atoms with Crippen LogP contribution in [0.25, 0.3) is 0 Å². The topological polar surface area (TPSA) is 26.0 Å². The Morgan fingerprint density at radius 3 is 2.33 bits per heavy atom. The first kappa shape index (κ1) is 17.8. The van der Waals surface area contributed by atoms with Crippen molar-refractivity contribution in [3.63, 3.8) is 0 Å². The van der Waals surface area contributed by atoms with E-state index in [1.165, 1.54) is 42.6 Å². The van der Waals surface area contributed by atoms with Crippen molar-refractivity contribution in [1.29, 1.82) is 0 Å². The fourth-order valence-corrected chi connectivity index (χ4v) is 3.12. The van der Waals surface area contributed by atoms with Gasteiger partial charge in [0.25, 0.3) is 0 Å². The lowest BCUT2D eigenvalue weighted by Gasteiger charge is -2.19. The van der Waals surface area contributed by atoms with Crippen LogP contribution in [0, 0.1) is 5.92 Å². The van der Waals surface area contributed by atoms with E-state index in [0.29, 0.717) is 5.92 Å². The lowest BCUT2D eigenvalue weighted by Crippen LogP contribution is -2.10. The van der Waals surface area contributed by atoms with Gasteiger partial charge in [-0.3, -0.25) is 0 Å². The van der Waals surface area contributed by atoms with Gasteiger partial charge in [0.2, 0.25) is 0 Å². The zero-order chi connectivity index (χ0) is 13.8. The maximum Gasteiger partial charge on any atom is 0.00560 e. The van der Waals surface area contributed by atoms with E-state index in [0.717, 1.165) is 25.1 Å². The summed E-state index contributed by atoms with van der Waals surface area (Å²) in [6, 6.07) is 0. The normalized spacial score (nSPS) is 12.4. The van der Waals surface area contributed by atoms with Crippen molar-refractivity contribution >= 4 is 11.8 Å². The predicted molar refractivity (Wildman–Crippen MR) is 87.2 cm³/mol. The van der Waals surface area contributed by atoms with Gasteiger partial charge >= 0.3 is 0 Å². The number of hydrogen-bond acceptors (Lipinski definition) is 2. The Morgan fingerprint density at radius 1 is 1.11 bits per heavy atom. The smallest absolute Gasteiger partial charge is 0.00560 e. The zero-order valence-corrected chi connectivity index (χ0v) is 13.2. The molecule has 0 heterocycles. The van der Waals surface area contributed by atoms with Crippen LogP contribution in [-0.2, 0) is 0 Å². The van der Waals surface area contributed by atoms with Crippen molar-refractivity contribution in [3.05, 3.63) is 24.3 Å². The molecule has 0 aliphatic rings. The number of nitrogens with two attached hydrogens (primary N) is 1. The van der Waals surface area contributed by atoms with Gasteiger partial charge in [0, 0.05) is 12.3 Å². The maximum absolute atomic E-state index is 5.55. The summed E-state index contributed by atoms with van der Waals surface area (Å²) >= 11 is 1.97.